The molecule has 0 aliphatic heterocycles. The zero-order valence-electron chi connectivity index (χ0n) is 15.1. The van der Waals surface area contributed by atoms with E-state index < -0.39 is 10.0 Å². The molecule has 0 bridgehead atoms. The first-order valence-corrected chi connectivity index (χ1v) is 10.2. The minimum absolute atomic E-state index is 0.0438. The van der Waals surface area contributed by atoms with Gasteiger partial charge in [0.05, 0.1) is 15.6 Å². The summed E-state index contributed by atoms with van der Waals surface area (Å²) in [6.07, 6.45) is 0.753. The molecule has 0 aliphatic rings. The van der Waals surface area contributed by atoms with E-state index in [0.717, 1.165) is 16.3 Å². The van der Waals surface area contributed by atoms with E-state index in [9.17, 15) is 13.2 Å². The number of nitrogens with one attached hydrogen (secondary N) is 1. The van der Waals surface area contributed by atoms with E-state index in [1.165, 1.54) is 12.1 Å². The average Bonchev–Trinajstić information content (AvgIpc) is 2.60. The molecule has 1 N–H and O–H groups in total. The number of para-hydroxylation sites is 1. The zero-order valence-corrected chi connectivity index (χ0v) is 16.6. The third kappa shape index (κ3) is 4.77. The lowest BCUT2D eigenvalue weighted by molar-refractivity contribution is -0.120. The standard InChI is InChI=1S/C19H23ClN2O3S/c1-4-15(3)21-19(23)13-22(18-8-6-5-7-17(18)20)26(24,25)16-11-9-14(2)10-12-16/h5-12,15H,4,13H2,1-3H3,(H,21,23)/t15-/m1/s1. The molecule has 0 saturated heterocycles. The Kier molecular flexibility index (Phi) is 6.67. The lowest BCUT2D eigenvalue weighted by Crippen LogP contribution is -2.43. The molecule has 0 fully saturated rings. The highest BCUT2D eigenvalue weighted by atomic mass is 35.5. The molecule has 140 valence electrons. The van der Waals surface area contributed by atoms with Crippen LogP contribution in [0.15, 0.2) is 53.4 Å². The monoisotopic (exact) mass is 394 g/mol. The molecule has 2 rings (SSSR count). The maximum atomic E-state index is 13.2. The van der Waals surface area contributed by atoms with E-state index in [1.807, 2.05) is 20.8 Å². The van der Waals surface area contributed by atoms with Gasteiger partial charge >= 0.3 is 0 Å². The Morgan fingerprint density at radius 2 is 1.77 bits per heavy atom. The quantitative estimate of drug-likeness (QED) is 0.777. The molecule has 0 spiro atoms. The Balaban J connectivity index is 2.45. The lowest BCUT2D eigenvalue weighted by atomic mass is 10.2. The van der Waals surface area contributed by atoms with Gasteiger partial charge in [0.1, 0.15) is 6.54 Å². The largest absolute Gasteiger partial charge is 0.352 e. The van der Waals surface area contributed by atoms with Crippen molar-refractivity contribution in [1.29, 1.82) is 0 Å². The van der Waals surface area contributed by atoms with Gasteiger partial charge in [-0.1, -0.05) is 48.4 Å². The molecule has 1 atom stereocenters. The molecule has 0 aromatic heterocycles. The molecular weight excluding hydrogens is 372 g/mol. The molecule has 0 aliphatic carbocycles. The molecule has 7 heteroatoms. The van der Waals surface area contributed by atoms with Crippen LogP contribution in [0.25, 0.3) is 0 Å². The summed E-state index contributed by atoms with van der Waals surface area (Å²) in [6.45, 7) is 5.35. The maximum Gasteiger partial charge on any atom is 0.264 e. The van der Waals surface area contributed by atoms with Crippen LogP contribution in [0.2, 0.25) is 5.02 Å². The van der Waals surface area contributed by atoms with E-state index in [-0.39, 0.29) is 34.1 Å². The van der Waals surface area contributed by atoms with E-state index in [2.05, 4.69) is 5.32 Å². The van der Waals surface area contributed by atoms with Crippen molar-refractivity contribution in [3.05, 3.63) is 59.1 Å². The molecule has 26 heavy (non-hydrogen) atoms. The SMILES string of the molecule is CC[C@@H](C)NC(=O)CN(c1ccccc1Cl)S(=O)(=O)c1ccc(C)cc1. The predicted molar refractivity (Wildman–Crippen MR) is 105 cm³/mol. The zero-order chi connectivity index (χ0) is 19.3. The predicted octanol–water partition coefficient (Wildman–Crippen LogP) is 3.76. The summed E-state index contributed by atoms with van der Waals surface area (Å²) in [7, 11) is -3.94. The number of hydrogen-bond donors (Lipinski definition) is 1. The van der Waals surface area contributed by atoms with Gasteiger partial charge in [0.25, 0.3) is 10.0 Å². The van der Waals surface area contributed by atoms with Crippen molar-refractivity contribution in [3.63, 3.8) is 0 Å². The molecule has 1 amide bonds. The molecular formula is C19H23ClN2O3S. The Morgan fingerprint density at radius 1 is 1.15 bits per heavy atom. The Labute approximate surface area is 160 Å². The van der Waals surface area contributed by atoms with Crippen LogP contribution >= 0.6 is 11.6 Å². The van der Waals surface area contributed by atoms with Crippen LogP contribution in [0.5, 0.6) is 0 Å². The van der Waals surface area contributed by atoms with Crippen LogP contribution in [0, 0.1) is 6.92 Å². The highest BCUT2D eigenvalue weighted by Gasteiger charge is 2.28. The molecule has 2 aromatic carbocycles. The van der Waals surface area contributed by atoms with E-state index >= 15 is 0 Å². The van der Waals surface area contributed by atoms with Crippen LogP contribution in [0.1, 0.15) is 25.8 Å². The summed E-state index contributed by atoms with van der Waals surface area (Å²) in [5, 5.41) is 3.06. The van der Waals surface area contributed by atoms with Gasteiger partial charge < -0.3 is 5.32 Å². The lowest BCUT2D eigenvalue weighted by Gasteiger charge is -2.25. The van der Waals surface area contributed by atoms with E-state index in [4.69, 9.17) is 11.6 Å². The van der Waals surface area contributed by atoms with Gasteiger partial charge in [-0.2, -0.15) is 0 Å². The van der Waals surface area contributed by atoms with E-state index in [0.29, 0.717) is 0 Å². The van der Waals surface area contributed by atoms with Crippen LogP contribution in [-0.2, 0) is 14.8 Å². The second kappa shape index (κ2) is 8.56. The fourth-order valence-corrected chi connectivity index (χ4v) is 4.07. The van der Waals surface area contributed by atoms with Crippen LogP contribution in [0.4, 0.5) is 5.69 Å². The van der Waals surface area contributed by atoms with Crippen LogP contribution < -0.4 is 9.62 Å². The number of benzene rings is 2. The molecule has 0 heterocycles. The van der Waals surface area contributed by atoms with Gasteiger partial charge in [-0.25, -0.2) is 8.42 Å². The summed E-state index contributed by atoms with van der Waals surface area (Å²) in [4.78, 5) is 12.5. The third-order valence-corrected chi connectivity index (χ3v) is 6.13. The van der Waals surface area contributed by atoms with Gasteiger partial charge in [0.15, 0.2) is 0 Å². The van der Waals surface area contributed by atoms with Gasteiger partial charge in [-0.3, -0.25) is 9.10 Å². The van der Waals surface area contributed by atoms with Crippen molar-refractivity contribution in [2.75, 3.05) is 10.8 Å². The maximum absolute atomic E-state index is 13.2. The average molecular weight is 395 g/mol. The van der Waals surface area contributed by atoms with Gasteiger partial charge in [0, 0.05) is 6.04 Å². The van der Waals surface area contributed by atoms with Gasteiger partial charge in [-0.15, -0.1) is 0 Å². The first-order valence-electron chi connectivity index (χ1n) is 8.39. The number of carbonyl (C=O) groups is 1. The first-order chi connectivity index (χ1) is 12.3. The molecule has 0 saturated carbocycles. The smallest absolute Gasteiger partial charge is 0.264 e. The highest BCUT2D eigenvalue weighted by molar-refractivity contribution is 7.92. The Hall–Kier alpha value is -2.05. The fraction of sp³-hybridized carbons (Fsp3) is 0.316. The number of rotatable bonds is 7. The minimum atomic E-state index is -3.94. The molecule has 2 aromatic rings. The second-order valence-corrected chi connectivity index (χ2v) is 8.42. The van der Waals surface area contributed by atoms with Gasteiger partial charge in [-0.05, 0) is 44.5 Å². The van der Waals surface area contributed by atoms with E-state index in [1.54, 1.807) is 36.4 Å². The summed E-state index contributed by atoms with van der Waals surface area (Å²) < 4.78 is 27.4. The molecule has 5 nitrogen and oxygen atoms in total. The Bertz CT molecular complexity index is 867. The number of carbonyl (C=O) groups excluding carboxylic acids is 1. The third-order valence-electron chi connectivity index (χ3n) is 4.04. The van der Waals surface area contributed by atoms with Crippen molar-refractivity contribution in [2.24, 2.45) is 0 Å². The first kappa shape index (κ1) is 20.3. The van der Waals surface area contributed by atoms with Crippen LogP contribution in [-0.4, -0.2) is 26.9 Å². The highest BCUT2D eigenvalue weighted by Crippen LogP contribution is 2.30. The number of nitrogens with zero attached hydrogens (tertiary/aromatic N) is 1. The van der Waals surface area contributed by atoms with Crippen molar-refractivity contribution in [1.82, 2.24) is 5.32 Å². The second-order valence-electron chi connectivity index (χ2n) is 6.15. The number of aryl methyl sites for hydroxylation is 1. The fourth-order valence-electron chi connectivity index (χ4n) is 2.34. The number of amides is 1. The summed E-state index contributed by atoms with van der Waals surface area (Å²) in [5.74, 6) is -0.380. The number of halogens is 1. The topological polar surface area (TPSA) is 66.5 Å². The van der Waals surface area contributed by atoms with Gasteiger partial charge in [0.2, 0.25) is 5.91 Å². The number of hydrogen-bond acceptors (Lipinski definition) is 3. The van der Waals surface area contributed by atoms with Crippen molar-refractivity contribution < 1.29 is 13.2 Å². The van der Waals surface area contributed by atoms with Crippen molar-refractivity contribution >= 4 is 33.2 Å². The molecule has 0 radical (unpaired) electrons. The van der Waals surface area contributed by atoms with Crippen LogP contribution in [0.3, 0.4) is 0 Å². The van der Waals surface area contributed by atoms with Crippen molar-refractivity contribution in [2.45, 2.75) is 38.1 Å². The molecule has 0 unspecified atom stereocenters. The summed E-state index contributed by atoms with van der Waals surface area (Å²) in [5.41, 5.74) is 1.22. The number of anilines is 1. The Morgan fingerprint density at radius 3 is 2.35 bits per heavy atom. The normalized spacial score (nSPS) is 12.5. The minimum Gasteiger partial charge on any atom is -0.352 e. The summed E-state index contributed by atoms with van der Waals surface area (Å²) in [6, 6.07) is 13.0. The van der Waals surface area contributed by atoms with Crippen molar-refractivity contribution in [3.8, 4) is 0 Å². The number of sulfonamides is 1. The summed E-state index contributed by atoms with van der Waals surface area (Å²) >= 11 is 6.22.